The Kier molecular flexibility index (Phi) is 7.11. The molecule has 0 aliphatic carbocycles. The third kappa shape index (κ3) is 5.26. The molecule has 1 amide bonds. The summed E-state index contributed by atoms with van der Waals surface area (Å²) in [6.45, 7) is 2.24. The minimum atomic E-state index is -3.20. The molecule has 0 fully saturated rings. The summed E-state index contributed by atoms with van der Waals surface area (Å²) in [6, 6.07) is 2.93. The van der Waals surface area contributed by atoms with Crippen LogP contribution in [0.25, 0.3) is 0 Å². The van der Waals surface area contributed by atoms with Crippen LogP contribution < -0.4 is 15.8 Å². The third-order valence-electron chi connectivity index (χ3n) is 3.34. The summed E-state index contributed by atoms with van der Waals surface area (Å²) in [5.74, 6) is 0.0246. The van der Waals surface area contributed by atoms with Crippen molar-refractivity contribution in [3.63, 3.8) is 0 Å². The van der Waals surface area contributed by atoms with Gasteiger partial charge in [0.05, 0.1) is 29.1 Å². The standard InChI is InChI=1S/C14H22ClN3O4S/c1-4-23(20,21)18(2)7-5-6-17-14(19)10-8-11(15)12(16)9-13(10)22-3/h8-9H,4-7,16H2,1-3H3,(H,17,19). The molecule has 0 spiro atoms. The maximum absolute atomic E-state index is 12.2. The number of benzene rings is 1. The van der Waals surface area contributed by atoms with Gasteiger partial charge in [-0.25, -0.2) is 12.7 Å². The van der Waals surface area contributed by atoms with E-state index in [1.54, 1.807) is 6.92 Å². The van der Waals surface area contributed by atoms with Crippen LogP contribution in [-0.4, -0.2) is 51.6 Å². The highest BCUT2D eigenvalue weighted by Crippen LogP contribution is 2.28. The second-order valence-electron chi connectivity index (χ2n) is 4.91. The van der Waals surface area contributed by atoms with Gasteiger partial charge in [0.2, 0.25) is 10.0 Å². The number of hydrogen-bond donors (Lipinski definition) is 2. The quantitative estimate of drug-likeness (QED) is 0.536. The zero-order valence-corrected chi connectivity index (χ0v) is 15.0. The Hall–Kier alpha value is -1.51. The second kappa shape index (κ2) is 8.37. The van der Waals surface area contributed by atoms with Crippen LogP contribution >= 0.6 is 11.6 Å². The molecule has 0 saturated carbocycles. The molecule has 3 N–H and O–H groups in total. The number of carbonyl (C=O) groups excluding carboxylic acids is 1. The molecule has 0 unspecified atom stereocenters. The van der Waals surface area contributed by atoms with E-state index in [2.05, 4.69) is 5.32 Å². The van der Waals surface area contributed by atoms with Crippen LogP contribution in [-0.2, 0) is 10.0 Å². The first-order valence-electron chi connectivity index (χ1n) is 7.08. The van der Waals surface area contributed by atoms with Gasteiger partial charge < -0.3 is 15.8 Å². The summed E-state index contributed by atoms with van der Waals surface area (Å²) < 4.78 is 29.6. The molecule has 0 aliphatic rings. The Bertz CT molecular complexity index is 664. The topological polar surface area (TPSA) is 102 Å². The average Bonchev–Trinajstić information content (AvgIpc) is 2.52. The molecule has 23 heavy (non-hydrogen) atoms. The van der Waals surface area contributed by atoms with Crippen molar-refractivity contribution in [2.24, 2.45) is 0 Å². The maximum atomic E-state index is 12.2. The molecule has 7 nitrogen and oxygen atoms in total. The molecular weight excluding hydrogens is 342 g/mol. The largest absolute Gasteiger partial charge is 0.496 e. The molecule has 9 heteroatoms. The molecular formula is C14H22ClN3O4S. The highest BCUT2D eigenvalue weighted by Gasteiger charge is 2.16. The number of rotatable bonds is 8. The molecule has 1 aromatic rings. The van der Waals surface area contributed by atoms with E-state index in [4.69, 9.17) is 22.1 Å². The van der Waals surface area contributed by atoms with E-state index in [9.17, 15) is 13.2 Å². The van der Waals surface area contributed by atoms with Crippen molar-refractivity contribution in [2.75, 3.05) is 38.7 Å². The zero-order chi connectivity index (χ0) is 17.6. The molecule has 0 heterocycles. The van der Waals surface area contributed by atoms with Crippen molar-refractivity contribution in [3.05, 3.63) is 22.7 Å². The summed E-state index contributed by atoms with van der Waals surface area (Å²) in [4.78, 5) is 12.2. The van der Waals surface area contributed by atoms with Crippen molar-refractivity contribution in [2.45, 2.75) is 13.3 Å². The van der Waals surface area contributed by atoms with Crippen LogP contribution in [0.3, 0.4) is 0 Å². The first-order chi connectivity index (χ1) is 10.7. The van der Waals surface area contributed by atoms with E-state index in [0.717, 1.165) is 0 Å². The second-order valence-corrected chi connectivity index (χ2v) is 7.68. The Balaban J connectivity index is 2.60. The molecule has 1 rings (SSSR count). The highest BCUT2D eigenvalue weighted by molar-refractivity contribution is 7.89. The van der Waals surface area contributed by atoms with Crippen molar-refractivity contribution >= 4 is 33.2 Å². The van der Waals surface area contributed by atoms with Gasteiger partial charge in [-0.2, -0.15) is 0 Å². The van der Waals surface area contributed by atoms with Crippen molar-refractivity contribution in [1.29, 1.82) is 0 Å². The summed E-state index contributed by atoms with van der Waals surface area (Å²) in [6.07, 6.45) is 0.493. The smallest absolute Gasteiger partial charge is 0.255 e. The predicted molar refractivity (Wildman–Crippen MR) is 91.5 cm³/mol. The number of hydrogen-bond acceptors (Lipinski definition) is 5. The Morgan fingerprint density at radius 2 is 2.09 bits per heavy atom. The number of anilines is 1. The lowest BCUT2D eigenvalue weighted by Crippen LogP contribution is -2.32. The van der Waals surface area contributed by atoms with Gasteiger partial charge in [-0.1, -0.05) is 11.6 Å². The fourth-order valence-corrected chi connectivity index (χ4v) is 2.89. The van der Waals surface area contributed by atoms with Gasteiger partial charge in [0.1, 0.15) is 5.75 Å². The van der Waals surface area contributed by atoms with Crippen molar-refractivity contribution in [3.8, 4) is 5.75 Å². The van der Waals surface area contributed by atoms with Crippen LogP contribution in [0.5, 0.6) is 5.75 Å². The maximum Gasteiger partial charge on any atom is 0.255 e. The number of nitrogen functional groups attached to an aromatic ring is 1. The normalized spacial score (nSPS) is 11.5. The van der Waals surface area contributed by atoms with Gasteiger partial charge in [0, 0.05) is 26.2 Å². The molecule has 130 valence electrons. The minimum Gasteiger partial charge on any atom is -0.496 e. The number of nitrogens with zero attached hydrogens (tertiary/aromatic N) is 1. The number of carbonyl (C=O) groups is 1. The van der Waals surface area contributed by atoms with Gasteiger partial charge in [-0.3, -0.25) is 4.79 Å². The lowest BCUT2D eigenvalue weighted by Gasteiger charge is -2.16. The SMILES string of the molecule is CCS(=O)(=O)N(C)CCCNC(=O)c1cc(Cl)c(N)cc1OC. The van der Waals surface area contributed by atoms with Gasteiger partial charge in [0.15, 0.2) is 0 Å². The van der Waals surface area contributed by atoms with Crippen LogP contribution in [0.4, 0.5) is 5.69 Å². The number of ether oxygens (including phenoxy) is 1. The number of nitrogens with two attached hydrogens (primary N) is 1. The highest BCUT2D eigenvalue weighted by atomic mass is 35.5. The molecule has 0 saturated heterocycles. The Labute approximate surface area is 141 Å². The molecule has 0 bridgehead atoms. The van der Waals surface area contributed by atoms with Gasteiger partial charge in [-0.05, 0) is 19.4 Å². The number of halogens is 1. The van der Waals surface area contributed by atoms with Crippen LogP contribution in [0.15, 0.2) is 12.1 Å². The van der Waals surface area contributed by atoms with Gasteiger partial charge >= 0.3 is 0 Å². The molecule has 0 atom stereocenters. The number of sulfonamides is 1. The van der Waals surface area contributed by atoms with Crippen LogP contribution in [0, 0.1) is 0 Å². The van der Waals surface area contributed by atoms with E-state index < -0.39 is 10.0 Å². The minimum absolute atomic E-state index is 0.0526. The van der Waals surface area contributed by atoms with Gasteiger partial charge in [0.25, 0.3) is 5.91 Å². The van der Waals surface area contributed by atoms with E-state index >= 15 is 0 Å². The Morgan fingerprint density at radius 1 is 1.43 bits per heavy atom. The number of methoxy groups -OCH3 is 1. The van der Waals surface area contributed by atoms with Crippen molar-refractivity contribution < 1.29 is 17.9 Å². The van der Waals surface area contributed by atoms with E-state index in [0.29, 0.717) is 30.9 Å². The molecule has 0 radical (unpaired) electrons. The molecule has 1 aromatic carbocycles. The monoisotopic (exact) mass is 363 g/mol. The number of nitrogens with one attached hydrogen (secondary N) is 1. The summed E-state index contributed by atoms with van der Waals surface area (Å²) in [5.41, 5.74) is 6.27. The Morgan fingerprint density at radius 3 is 2.65 bits per heavy atom. The average molecular weight is 364 g/mol. The van der Waals surface area contributed by atoms with E-state index in [1.807, 2.05) is 0 Å². The lowest BCUT2D eigenvalue weighted by molar-refractivity contribution is 0.0950. The van der Waals surface area contributed by atoms with E-state index in [-0.39, 0.29) is 22.2 Å². The lowest BCUT2D eigenvalue weighted by atomic mass is 10.1. The summed E-state index contributed by atoms with van der Waals surface area (Å²) in [5, 5.41) is 2.97. The molecule has 0 aromatic heterocycles. The first-order valence-corrected chi connectivity index (χ1v) is 9.06. The van der Waals surface area contributed by atoms with Crippen LogP contribution in [0.1, 0.15) is 23.7 Å². The summed E-state index contributed by atoms with van der Waals surface area (Å²) >= 11 is 5.92. The van der Waals surface area contributed by atoms with Crippen LogP contribution in [0.2, 0.25) is 5.02 Å². The third-order valence-corrected chi connectivity index (χ3v) is 5.53. The fraction of sp³-hybridized carbons (Fsp3) is 0.500. The summed E-state index contributed by atoms with van der Waals surface area (Å²) in [7, 11) is -0.251. The van der Waals surface area contributed by atoms with Gasteiger partial charge in [-0.15, -0.1) is 0 Å². The molecule has 0 aliphatic heterocycles. The first kappa shape index (κ1) is 19.5. The predicted octanol–water partition coefficient (Wildman–Crippen LogP) is 1.33. The van der Waals surface area contributed by atoms with E-state index in [1.165, 1.54) is 30.6 Å². The van der Waals surface area contributed by atoms with Crippen molar-refractivity contribution in [1.82, 2.24) is 9.62 Å². The fourth-order valence-electron chi connectivity index (χ4n) is 1.87. The zero-order valence-electron chi connectivity index (χ0n) is 13.4. The number of amides is 1.